The first kappa shape index (κ1) is 19.4. The zero-order chi connectivity index (χ0) is 17.9. The van der Waals surface area contributed by atoms with Gasteiger partial charge in [-0.2, -0.15) is 0 Å². The molecular weight excluding hydrogens is 352 g/mol. The first-order valence-electron chi connectivity index (χ1n) is 8.57. The van der Waals surface area contributed by atoms with E-state index in [0.717, 1.165) is 17.9 Å². The minimum absolute atomic E-state index is 0.202. The van der Waals surface area contributed by atoms with Crippen LogP contribution in [-0.4, -0.2) is 17.6 Å². The van der Waals surface area contributed by atoms with E-state index in [9.17, 15) is 4.79 Å². The first-order valence-corrected chi connectivity index (χ1v) is 9.86. The van der Waals surface area contributed by atoms with Gasteiger partial charge in [-0.05, 0) is 42.2 Å². The van der Waals surface area contributed by atoms with E-state index in [1.807, 2.05) is 35.7 Å². The van der Waals surface area contributed by atoms with Gasteiger partial charge in [0.2, 0.25) is 0 Å². The molecule has 25 heavy (non-hydrogen) atoms. The number of amides is 1. The molecule has 1 amide bonds. The smallest absolute Gasteiger partial charge is 0.267 e. The molecule has 0 saturated carbocycles. The molecule has 6 heteroatoms. The maximum atomic E-state index is 12.0. The van der Waals surface area contributed by atoms with Crippen LogP contribution in [0.2, 0.25) is 0 Å². The van der Waals surface area contributed by atoms with Crippen LogP contribution in [0.5, 0.6) is 5.75 Å². The summed E-state index contributed by atoms with van der Waals surface area (Å²) in [4.78, 5) is 12.6. The topological polar surface area (TPSA) is 50.4 Å². The molecule has 1 aromatic carbocycles. The summed E-state index contributed by atoms with van der Waals surface area (Å²) < 4.78 is 5.78. The van der Waals surface area contributed by atoms with Crippen LogP contribution in [0.3, 0.4) is 0 Å². The SMILES string of the molecule is CCCCCCCOc1cccc(NC(=S)NC(=O)c2cccs2)c1. The molecule has 0 radical (unpaired) electrons. The number of nitrogens with one attached hydrogen (secondary N) is 2. The Kier molecular flexibility index (Phi) is 8.42. The van der Waals surface area contributed by atoms with Crippen molar-refractivity contribution in [3.8, 4) is 5.75 Å². The lowest BCUT2D eigenvalue weighted by atomic mass is 10.2. The second kappa shape index (κ2) is 10.8. The number of carbonyl (C=O) groups is 1. The fourth-order valence-electron chi connectivity index (χ4n) is 2.29. The number of benzene rings is 1. The molecule has 134 valence electrons. The molecule has 0 aliphatic rings. The molecular formula is C19H24N2O2S2. The number of carbonyl (C=O) groups excluding carboxylic acids is 1. The van der Waals surface area contributed by atoms with E-state index in [4.69, 9.17) is 17.0 Å². The van der Waals surface area contributed by atoms with Crippen LogP contribution in [-0.2, 0) is 0 Å². The van der Waals surface area contributed by atoms with Crippen molar-refractivity contribution < 1.29 is 9.53 Å². The Balaban J connectivity index is 1.76. The van der Waals surface area contributed by atoms with Gasteiger partial charge in [0.1, 0.15) is 5.75 Å². The average molecular weight is 377 g/mol. The summed E-state index contributed by atoms with van der Waals surface area (Å²) in [6.45, 7) is 2.93. The molecule has 0 fully saturated rings. The Bertz CT molecular complexity index is 672. The van der Waals surface area contributed by atoms with Crippen molar-refractivity contribution in [2.45, 2.75) is 39.0 Å². The van der Waals surface area contributed by atoms with E-state index >= 15 is 0 Å². The predicted molar refractivity (Wildman–Crippen MR) is 109 cm³/mol. The highest BCUT2D eigenvalue weighted by Crippen LogP contribution is 2.18. The fraction of sp³-hybridized carbons (Fsp3) is 0.368. The van der Waals surface area contributed by atoms with Crippen molar-refractivity contribution in [3.63, 3.8) is 0 Å². The van der Waals surface area contributed by atoms with Gasteiger partial charge in [0.15, 0.2) is 5.11 Å². The van der Waals surface area contributed by atoms with Gasteiger partial charge in [0, 0.05) is 11.8 Å². The number of anilines is 1. The highest BCUT2D eigenvalue weighted by atomic mass is 32.1. The lowest BCUT2D eigenvalue weighted by Gasteiger charge is -2.11. The fourth-order valence-corrected chi connectivity index (χ4v) is 3.12. The number of thiophene rings is 1. The van der Waals surface area contributed by atoms with E-state index in [-0.39, 0.29) is 11.0 Å². The molecule has 0 saturated heterocycles. The Morgan fingerprint density at radius 3 is 2.76 bits per heavy atom. The van der Waals surface area contributed by atoms with Crippen molar-refractivity contribution >= 4 is 40.3 Å². The maximum Gasteiger partial charge on any atom is 0.267 e. The highest BCUT2D eigenvalue weighted by Gasteiger charge is 2.08. The van der Waals surface area contributed by atoms with Gasteiger partial charge in [0.05, 0.1) is 11.5 Å². The number of hydrogen-bond donors (Lipinski definition) is 2. The Hall–Kier alpha value is -1.92. The highest BCUT2D eigenvalue weighted by molar-refractivity contribution is 7.80. The molecule has 0 atom stereocenters. The monoisotopic (exact) mass is 376 g/mol. The summed E-state index contributed by atoms with van der Waals surface area (Å²) in [6, 6.07) is 11.2. The van der Waals surface area contributed by atoms with Crippen molar-refractivity contribution in [2.75, 3.05) is 11.9 Å². The van der Waals surface area contributed by atoms with Crippen LogP contribution in [0.1, 0.15) is 48.7 Å². The number of hydrogen-bond acceptors (Lipinski definition) is 4. The van der Waals surface area contributed by atoms with Gasteiger partial charge < -0.3 is 10.1 Å². The van der Waals surface area contributed by atoms with Crippen molar-refractivity contribution in [2.24, 2.45) is 0 Å². The maximum absolute atomic E-state index is 12.0. The Morgan fingerprint density at radius 1 is 1.16 bits per heavy atom. The standard InChI is InChI=1S/C19H24N2O2S2/c1-2-3-4-5-6-12-23-16-10-7-9-15(14-16)20-19(24)21-18(22)17-11-8-13-25-17/h7-11,13-14H,2-6,12H2,1H3,(H2,20,21,22,24). The number of ether oxygens (including phenoxy) is 1. The lowest BCUT2D eigenvalue weighted by Crippen LogP contribution is -2.33. The van der Waals surface area contributed by atoms with Crippen LogP contribution in [0.15, 0.2) is 41.8 Å². The average Bonchev–Trinajstić information content (AvgIpc) is 3.13. The summed E-state index contributed by atoms with van der Waals surface area (Å²) in [5, 5.41) is 7.82. The Morgan fingerprint density at radius 2 is 2.00 bits per heavy atom. The van der Waals surface area contributed by atoms with E-state index in [1.54, 1.807) is 6.07 Å². The van der Waals surface area contributed by atoms with Crippen LogP contribution >= 0.6 is 23.6 Å². The van der Waals surface area contributed by atoms with Gasteiger partial charge in [0.25, 0.3) is 5.91 Å². The van der Waals surface area contributed by atoms with Crippen molar-refractivity contribution in [1.82, 2.24) is 5.32 Å². The van der Waals surface area contributed by atoms with Crippen LogP contribution in [0, 0.1) is 0 Å². The molecule has 0 unspecified atom stereocenters. The molecule has 0 aliphatic carbocycles. The summed E-state index contributed by atoms with van der Waals surface area (Å²) in [7, 11) is 0. The Labute approximate surface area is 158 Å². The van der Waals surface area contributed by atoms with Crippen LogP contribution in [0.4, 0.5) is 5.69 Å². The molecule has 0 aliphatic heterocycles. The summed E-state index contributed by atoms with van der Waals surface area (Å²) in [5.41, 5.74) is 0.792. The van der Waals surface area contributed by atoms with E-state index in [0.29, 0.717) is 11.5 Å². The third-order valence-electron chi connectivity index (χ3n) is 3.58. The first-order chi connectivity index (χ1) is 12.2. The zero-order valence-corrected chi connectivity index (χ0v) is 16.1. The zero-order valence-electron chi connectivity index (χ0n) is 14.4. The van der Waals surface area contributed by atoms with E-state index < -0.39 is 0 Å². The quantitative estimate of drug-likeness (QED) is 0.465. The summed E-state index contributed by atoms with van der Waals surface area (Å²) in [5.74, 6) is 0.597. The van der Waals surface area contributed by atoms with Gasteiger partial charge in [-0.3, -0.25) is 10.1 Å². The van der Waals surface area contributed by atoms with Gasteiger partial charge >= 0.3 is 0 Å². The van der Waals surface area contributed by atoms with E-state index in [1.165, 1.54) is 37.0 Å². The molecule has 0 bridgehead atoms. The predicted octanol–water partition coefficient (Wildman–Crippen LogP) is 5.22. The van der Waals surface area contributed by atoms with Crippen molar-refractivity contribution in [3.05, 3.63) is 46.7 Å². The number of unbranched alkanes of at least 4 members (excludes halogenated alkanes) is 4. The number of thiocarbonyl (C=S) groups is 1. The minimum Gasteiger partial charge on any atom is -0.494 e. The van der Waals surface area contributed by atoms with Gasteiger partial charge in [-0.1, -0.05) is 44.7 Å². The van der Waals surface area contributed by atoms with Gasteiger partial charge in [-0.15, -0.1) is 11.3 Å². The molecule has 2 aromatic rings. The van der Waals surface area contributed by atoms with E-state index in [2.05, 4.69) is 17.6 Å². The number of rotatable bonds is 9. The van der Waals surface area contributed by atoms with Crippen LogP contribution < -0.4 is 15.4 Å². The normalized spacial score (nSPS) is 10.3. The molecule has 4 nitrogen and oxygen atoms in total. The second-order valence-corrected chi connectivity index (χ2v) is 7.03. The minimum atomic E-state index is -0.202. The molecule has 2 rings (SSSR count). The molecule has 1 heterocycles. The largest absolute Gasteiger partial charge is 0.494 e. The molecule has 0 spiro atoms. The molecule has 1 aromatic heterocycles. The summed E-state index contributed by atoms with van der Waals surface area (Å²) >= 11 is 6.58. The summed E-state index contributed by atoms with van der Waals surface area (Å²) in [6.07, 6.45) is 6.06. The molecule has 2 N–H and O–H groups in total. The van der Waals surface area contributed by atoms with Crippen molar-refractivity contribution in [1.29, 1.82) is 0 Å². The van der Waals surface area contributed by atoms with Crippen LogP contribution in [0.25, 0.3) is 0 Å². The van der Waals surface area contributed by atoms with Gasteiger partial charge in [-0.25, -0.2) is 0 Å². The third-order valence-corrected chi connectivity index (χ3v) is 4.65. The lowest BCUT2D eigenvalue weighted by molar-refractivity contribution is 0.0981. The second-order valence-electron chi connectivity index (χ2n) is 5.68. The third kappa shape index (κ3) is 7.23.